The maximum atomic E-state index is 15.3. The van der Waals surface area contributed by atoms with Gasteiger partial charge in [-0.15, -0.1) is 0 Å². The number of hydrogen-bond acceptors (Lipinski definition) is 5. The highest BCUT2D eigenvalue weighted by atomic mass is 31.2. The van der Waals surface area contributed by atoms with Crippen LogP contribution in [0, 0.1) is 12.5 Å². The summed E-state index contributed by atoms with van der Waals surface area (Å²) in [5.74, 6) is -1.44. The summed E-state index contributed by atoms with van der Waals surface area (Å²) in [7, 11) is -0.444. The fourth-order valence-electron chi connectivity index (χ4n) is 4.26. The highest BCUT2D eigenvalue weighted by molar-refractivity contribution is 7.44. The molecule has 0 aromatic carbocycles. The summed E-state index contributed by atoms with van der Waals surface area (Å²) in [6.07, 6.45) is -3.36. The lowest BCUT2D eigenvalue weighted by atomic mass is 9.90. The molecule has 1 aliphatic heterocycles. The summed E-state index contributed by atoms with van der Waals surface area (Å²) in [4.78, 5) is 3.29. The average Bonchev–Trinajstić information content (AvgIpc) is 3.00. The molecule has 9 heteroatoms. The Bertz CT molecular complexity index is 638. The molecular formula is C19H33F2N2O4P. The first kappa shape index (κ1) is 20.8. The fourth-order valence-corrected chi connectivity index (χ4v) is 6.09. The van der Waals surface area contributed by atoms with Crippen LogP contribution in [0.2, 0.25) is 0 Å². The number of hydrogen-bond donors (Lipinski definition) is 1. The predicted molar refractivity (Wildman–Crippen MR) is 104 cm³/mol. The maximum absolute atomic E-state index is 15.3. The molecule has 1 heterocycles. The van der Waals surface area contributed by atoms with Crippen molar-refractivity contribution < 1.29 is 29.0 Å². The SMILES string of the molecule is [2H][C@]12C[C@@]1(F)C[C@]1(OP(OCC[N+]#[C-])N(C(C)C)C(C)C)[C@H](F)[C@H](C)O[C@@H]12.[3H]OC. The van der Waals surface area contributed by atoms with E-state index in [1.807, 2.05) is 32.4 Å². The Hall–Kier alpha value is -0.420. The zero-order valence-electron chi connectivity index (χ0n) is 19.4. The second-order valence-corrected chi connectivity index (χ2v) is 9.41. The third kappa shape index (κ3) is 4.21. The molecule has 162 valence electrons. The van der Waals surface area contributed by atoms with Gasteiger partial charge in [-0.25, -0.2) is 20.0 Å². The van der Waals surface area contributed by atoms with Crippen molar-refractivity contribution in [3.05, 3.63) is 11.4 Å². The molecule has 1 unspecified atom stereocenters. The van der Waals surface area contributed by atoms with Crippen LogP contribution >= 0.6 is 8.53 Å². The number of alkyl halides is 2. The van der Waals surface area contributed by atoms with Crippen LogP contribution in [0.3, 0.4) is 0 Å². The average molecular weight is 425 g/mol. The number of aliphatic hydroxyl groups is 1. The second kappa shape index (κ2) is 9.16. The minimum atomic E-state index is -1.76. The van der Waals surface area contributed by atoms with Gasteiger partial charge in [0.25, 0.3) is 8.53 Å². The first-order valence-corrected chi connectivity index (χ1v) is 10.8. The molecule has 3 fully saturated rings. The molecule has 2 saturated carbocycles. The van der Waals surface area contributed by atoms with Crippen molar-refractivity contribution in [1.29, 1.82) is 1.43 Å². The summed E-state index contributed by atoms with van der Waals surface area (Å²) in [5.41, 5.74) is -3.28. The zero-order valence-corrected chi connectivity index (χ0v) is 18.3. The molecular weight excluding hydrogens is 389 g/mol. The highest BCUT2D eigenvalue weighted by Gasteiger charge is 2.79. The van der Waals surface area contributed by atoms with Crippen LogP contribution < -0.4 is 0 Å². The summed E-state index contributed by atoms with van der Waals surface area (Å²) in [6, 6.07) is 0.105. The molecule has 0 radical (unpaired) electrons. The number of nitrogens with zero attached hydrogens (tertiary/aromatic N) is 2. The van der Waals surface area contributed by atoms with E-state index in [1.165, 1.54) is 7.11 Å². The first-order valence-electron chi connectivity index (χ1n) is 10.6. The maximum Gasteiger partial charge on any atom is 0.260 e. The third-order valence-corrected chi connectivity index (χ3v) is 7.57. The van der Waals surface area contributed by atoms with E-state index in [-0.39, 0.29) is 38.1 Å². The number of halogens is 2. The molecule has 0 spiro atoms. The van der Waals surface area contributed by atoms with E-state index in [2.05, 4.69) is 9.95 Å². The van der Waals surface area contributed by atoms with Gasteiger partial charge in [-0.3, -0.25) is 0 Å². The largest absolute Gasteiger partial charge is 0.400 e. The van der Waals surface area contributed by atoms with Crippen LogP contribution in [0.5, 0.6) is 0 Å². The molecule has 3 aliphatic rings. The molecule has 0 amide bonds. The molecule has 3 rings (SSSR count). The number of rotatable bonds is 8. The van der Waals surface area contributed by atoms with Crippen molar-refractivity contribution in [3.8, 4) is 0 Å². The van der Waals surface area contributed by atoms with Gasteiger partial charge >= 0.3 is 0 Å². The Balaban J connectivity index is 0.00000101. The first-order chi connectivity index (χ1) is 13.9. The molecule has 0 aromatic heterocycles. The van der Waals surface area contributed by atoms with E-state index in [1.54, 1.807) is 6.92 Å². The van der Waals surface area contributed by atoms with E-state index in [4.69, 9.17) is 23.2 Å². The van der Waals surface area contributed by atoms with Crippen molar-refractivity contribution in [3.63, 3.8) is 0 Å². The molecule has 0 aromatic rings. The van der Waals surface area contributed by atoms with Gasteiger partial charge in [0.2, 0.25) is 7.98 Å². The van der Waals surface area contributed by atoms with Crippen LogP contribution in [-0.4, -0.2) is 73.2 Å². The lowest BCUT2D eigenvalue weighted by Crippen LogP contribution is -2.48. The number of fused-ring (bicyclic) bond motifs is 3. The molecule has 0 bridgehead atoms. The van der Waals surface area contributed by atoms with Gasteiger partial charge in [0.1, 0.15) is 17.9 Å². The Morgan fingerprint density at radius 3 is 2.64 bits per heavy atom. The Kier molecular flexibility index (Phi) is 6.81. The topological polar surface area (TPSA) is 55.5 Å². The molecule has 1 saturated heterocycles. The van der Waals surface area contributed by atoms with Crippen molar-refractivity contribution in [2.24, 2.45) is 5.89 Å². The quantitative estimate of drug-likeness (QED) is 0.363. The second-order valence-electron chi connectivity index (χ2n) is 8.03. The van der Waals surface area contributed by atoms with Crippen molar-refractivity contribution in [1.82, 2.24) is 4.67 Å². The Labute approximate surface area is 171 Å². The van der Waals surface area contributed by atoms with Crippen LogP contribution in [0.25, 0.3) is 4.85 Å². The van der Waals surface area contributed by atoms with Gasteiger partial charge < -0.3 is 23.7 Å². The molecule has 1 N–H and O–H groups in total. The van der Waals surface area contributed by atoms with Gasteiger partial charge in [-0.1, -0.05) is 0 Å². The summed E-state index contributed by atoms with van der Waals surface area (Å²) in [6.45, 7) is 16.8. The monoisotopic (exact) mass is 425 g/mol. The smallest absolute Gasteiger partial charge is 0.260 e. The normalized spacial score (nSPS) is 43.0. The minimum absolute atomic E-state index is 0.0527. The summed E-state index contributed by atoms with van der Waals surface area (Å²) in [5, 5.41) is 3.50. The Morgan fingerprint density at radius 2 is 2.11 bits per heavy atom. The van der Waals surface area contributed by atoms with E-state index in [9.17, 15) is 0 Å². The van der Waals surface area contributed by atoms with Gasteiger partial charge in [0.15, 0.2) is 6.17 Å². The lowest BCUT2D eigenvalue weighted by Gasteiger charge is -2.41. The van der Waals surface area contributed by atoms with Gasteiger partial charge in [0, 0.05) is 32.9 Å². The van der Waals surface area contributed by atoms with E-state index in [0.717, 1.165) is 0 Å². The number of aliphatic hydroxyl groups excluding tert-OH is 1. The number of ether oxygens (including phenoxy) is 1. The van der Waals surface area contributed by atoms with Crippen molar-refractivity contribution >= 4 is 8.53 Å². The van der Waals surface area contributed by atoms with Crippen LogP contribution in [0.1, 0.15) is 48.8 Å². The molecule has 2 aliphatic carbocycles. The van der Waals surface area contributed by atoms with Crippen molar-refractivity contribution in [2.75, 3.05) is 20.3 Å². The molecule has 28 heavy (non-hydrogen) atoms. The Morgan fingerprint density at radius 1 is 1.50 bits per heavy atom. The van der Waals surface area contributed by atoms with Gasteiger partial charge in [-0.2, -0.15) is 0 Å². The van der Waals surface area contributed by atoms with Crippen molar-refractivity contribution in [2.45, 2.75) is 89.2 Å². The lowest BCUT2D eigenvalue weighted by molar-refractivity contribution is -0.0449. The minimum Gasteiger partial charge on any atom is -0.400 e. The fraction of sp³-hybridized carbons (Fsp3) is 0.947. The van der Waals surface area contributed by atoms with Crippen LogP contribution in [-0.2, 0) is 13.8 Å². The predicted octanol–water partition coefficient (Wildman–Crippen LogP) is 3.89. The van der Waals surface area contributed by atoms with E-state index in [0.29, 0.717) is 0 Å². The zero-order chi connectivity index (χ0) is 22.9. The van der Waals surface area contributed by atoms with Crippen LogP contribution in [0.4, 0.5) is 8.78 Å². The summed E-state index contributed by atoms with van der Waals surface area (Å²) >= 11 is 0. The van der Waals surface area contributed by atoms with Gasteiger partial charge in [0.05, 0.1) is 12.2 Å². The molecule has 7 atom stereocenters. The summed E-state index contributed by atoms with van der Waals surface area (Å²) < 4.78 is 64.3. The third-order valence-electron chi connectivity index (χ3n) is 5.37. The standard InChI is InChI=1S/C18H29F2N2O3P.CH4O/c1-11(2)22(12(3)4)26(23-8-7-21-6)25-18-10-17(20)9-14(17)16(18)24-13(5)15(18)19;1-2/h11-16H,7-10H2,1-5H3;2H,1H3/t13-,14+,15+,16+,17+,18-,26?;/m0./s1/i14D;2T. The van der Waals surface area contributed by atoms with Crippen LogP contribution in [0.15, 0.2) is 0 Å². The van der Waals surface area contributed by atoms with E-state index >= 15 is 8.78 Å². The highest BCUT2D eigenvalue weighted by Crippen LogP contribution is 2.70. The van der Waals surface area contributed by atoms with E-state index < -0.39 is 44.1 Å². The van der Waals surface area contributed by atoms with Gasteiger partial charge in [-0.05, 0) is 41.0 Å². The molecule has 6 nitrogen and oxygen atoms in total.